The summed E-state index contributed by atoms with van der Waals surface area (Å²) in [6, 6.07) is 13.7. The van der Waals surface area contributed by atoms with Gasteiger partial charge in [-0.15, -0.1) is 0 Å². The SMILES string of the molecule is O=C(Nc1cc(-c2ccc(CO)o2)ccc1Cl)c1ccc(F)cc1. The molecule has 0 saturated heterocycles. The Morgan fingerprint density at radius 2 is 1.88 bits per heavy atom. The van der Waals surface area contributed by atoms with E-state index in [4.69, 9.17) is 21.1 Å². The van der Waals surface area contributed by atoms with Gasteiger partial charge in [-0.05, 0) is 54.6 Å². The van der Waals surface area contributed by atoms with Gasteiger partial charge in [-0.3, -0.25) is 4.79 Å². The van der Waals surface area contributed by atoms with Crippen LogP contribution in [0.2, 0.25) is 5.02 Å². The van der Waals surface area contributed by atoms with Gasteiger partial charge in [-0.25, -0.2) is 4.39 Å². The minimum absolute atomic E-state index is 0.193. The molecule has 2 N–H and O–H groups in total. The fraction of sp³-hybridized carbons (Fsp3) is 0.0556. The fourth-order valence-electron chi connectivity index (χ4n) is 2.19. The number of carbonyl (C=O) groups excluding carboxylic acids is 1. The Hall–Kier alpha value is -2.63. The van der Waals surface area contributed by atoms with Crippen LogP contribution in [-0.4, -0.2) is 11.0 Å². The molecule has 0 spiro atoms. The lowest BCUT2D eigenvalue weighted by Crippen LogP contribution is -2.12. The average molecular weight is 346 g/mol. The van der Waals surface area contributed by atoms with E-state index in [2.05, 4.69) is 5.32 Å². The van der Waals surface area contributed by atoms with Crippen molar-refractivity contribution in [1.82, 2.24) is 0 Å². The molecule has 1 aromatic heterocycles. The van der Waals surface area contributed by atoms with E-state index in [1.54, 1.807) is 30.3 Å². The van der Waals surface area contributed by atoms with Crippen molar-refractivity contribution < 1.29 is 18.7 Å². The second-order valence-corrected chi connectivity index (χ2v) is 5.49. The maximum atomic E-state index is 12.9. The van der Waals surface area contributed by atoms with Crippen LogP contribution in [0.5, 0.6) is 0 Å². The van der Waals surface area contributed by atoms with Crippen molar-refractivity contribution >= 4 is 23.2 Å². The molecule has 0 aliphatic carbocycles. The minimum atomic E-state index is -0.413. The quantitative estimate of drug-likeness (QED) is 0.732. The van der Waals surface area contributed by atoms with Crippen molar-refractivity contribution in [1.29, 1.82) is 0 Å². The zero-order valence-corrected chi connectivity index (χ0v) is 13.2. The normalized spacial score (nSPS) is 10.6. The van der Waals surface area contributed by atoms with E-state index in [1.165, 1.54) is 24.3 Å². The molecule has 4 nitrogen and oxygen atoms in total. The van der Waals surface area contributed by atoms with E-state index in [0.29, 0.717) is 33.4 Å². The van der Waals surface area contributed by atoms with Crippen LogP contribution in [-0.2, 0) is 6.61 Å². The molecule has 0 unspecified atom stereocenters. The zero-order valence-electron chi connectivity index (χ0n) is 12.4. The van der Waals surface area contributed by atoms with Gasteiger partial charge < -0.3 is 14.8 Å². The number of furan rings is 1. The first-order valence-corrected chi connectivity index (χ1v) is 7.51. The minimum Gasteiger partial charge on any atom is -0.459 e. The van der Waals surface area contributed by atoms with Crippen LogP contribution < -0.4 is 5.32 Å². The summed E-state index contributed by atoms with van der Waals surface area (Å²) < 4.78 is 18.4. The Kier molecular flexibility index (Phi) is 4.64. The van der Waals surface area contributed by atoms with Crippen molar-refractivity contribution in [3.8, 4) is 11.3 Å². The van der Waals surface area contributed by atoms with Crippen LogP contribution >= 0.6 is 11.6 Å². The second-order valence-electron chi connectivity index (χ2n) is 5.08. The summed E-state index contributed by atoms with van der Waals surface area (Å²) in [5.41, 5.74) is 1.43. The summed E-state index contributed by atoms with van der Waals surface area (Å²) in [6.07, 6.45) is 0. The van der Waals surface area contributed by atoms with Gasteiger partial charge in [-0.2, -0.15) is 0 Å². The predicted octanol–water partition coefficient (Wildman–Crippen LogP) is 4.48. The Morgan fingerprint density at radius 1 is 1.12 bits per heavy atom. The largest absolute Gasteiger partial charge is 0.459 e. The van der Waals surface area contributed by atoms with Crippen LogP contribution in [0.3, 0.4) is 0 Å². The summed E-state index contributed by atoms with van der Waals surface area (Å²) in [7, 11) is 0. The van der Waals surface area contributed by atoms with Crippen molar-refractivity contribution in [3.05, 3.63) is 76.8 Å². The van der Waals surface area contributed by atoms with E-state index in [9.17, 15) is 9.18 Å². The fourth-order valence-corrected chi connectivity index (χ4v) is 2.35. The molecular weight excluding hydrogens is 333 g/mol. The van der Waals surface area contributed by atoms with Gasteiger partial charge in [0.2, 0.25) is 0 Å². The van der Waals surface area contributed by atoms with Crippen LogP contribution in [0.4, 0.5) is 10.1 Å². The second kappa shape index (κ2) is 6.86. The number of carbonyl (C=O) groups is 1. The van der Waals surface area contributed by atoms with Gasteiger partial charge in [0.1, 0.15) is 23.9 Å². The maximum Gasteiger partial charge on any atom is 0.255 e. The molecule has 0 atom stereocenters. The smallest absolute Gasteiger partial charge is 0.255 e. The third kappa shape index (κ3) is 3.48. The Labute approximate surface area is 142 Å². The highest BCUT2D eigenvalue weighted by atomic mass is 35.5. The van der Waals surface area contributed by atoms with Gasteiger partial charge >= 0.3 is 0 Å². The monoisotopic (exact) mass is 345 g/mol. The molecule has 0 saturated carbocycles. The molecule has 3 rings (SSSR count). The predicted molar refractivity (Wildman–Crippen MR) is 89.4 cm³/mol. The zero-order chi connectivity index (χ0) is 17.1. The lowest BCUT2D eigenvalue weighted by Gasteiger charge is -2.09. The molecule has 0 bridgehead atoms. The van der Waals surface area contributed by atoms with Gasteiger partial charge in [-0.1, -0.05) is 11.6 Å². The first-order chi connectivity index (χ1) is 11.6. The number of rotatable bonds is 4. The molecule has 1 amide bonds. The first kappa shape index (κ1) is 16.2. The van der Waals surface area contributed by atoms with Crippen molar-refractivity contribution in [2.75, 3.05) is 5.32 Å². The van der Waals surface area contributed by atoms with Gasteiger partial charge in [0.15, 0.2) is 0 Å². The Bertz CT molecular complexity index is 874. The summed E-state index contributed by atoms with van der Waals surface area (Å²) in [5, 5.41) is 12.1. The highest BCUT2D eigenvalue weighted by Gasteiger charge is 2.11. The third-order valence-corrected chi connectivity index (χ3v) is 3.75. The molecule has 3 aromatic rings. The number of aliphatic hydroxyl groups is 1. The molecule has 0 aliphatic heterocycles. The molecule has 1 heterocycles. The van der Waals surface area contributed by atoms with E-state index in [1.807, 2.05) is 0 Å². The summed E-state index contributed by atoms with van der Waals surface area (Å²) in [6.45, 7) is -0.193. The summed E-state index contributed by atoms with van der Waals surface area (Å²) in [5.74, 6) is 0.179. The molecule has 122 valence electrons. The van der Waals surface area contributed by atoms with E-state index in [-0.39, 0.29) is 6.61 Å². The number of hydrogen-bond acceptors (Lipinski definition) is 3. The van der Waals surface area contributed by atoms with Crippen molar-refractivity contribution in [2.24, 2.45) is 0 Å². The number of amides is 1. The molecule has 0 radical (unpaired) electrons. The van der Waals surface area contributed by atoms with Gasteiger partial charge in [0, 0.05) is 11.1 Å². The van der Waals surface area contributed by atoms with E-state index >= 15 is 0 Å². The number of nitrogens with one attached hydrogen (secondary N) is 1. The molecule has 0 fully saturated rings. The van der Waals surface area contributed by atoms with Gasteiger partial charge in [0.25, 0.3) is 5.91 Å². The number of aliphatic hydroxyl groups excluding tert-OH is 1. The standard InChI is InChI=1S/C18H13ClFNO3/c19-15-7-3-12(17-8-6-14(10-22)24-17)9-16(15)21-18(23)11-1-4-13(20)5-2-11/h1-9,22H,10H2,(H,21,23). The van der Waals surface area contributed by atoms with Crippen LogP contribution in [0.25, 0.3) is 11.3 Å². The van der Waals surface area contributed by atoms with E-state index in [0.717, 1.165) is 0 Å². The highest BCUT2D eigenvalue weighted by Crippen LogP contribution is 2.30. The number of anilines is 1. The lowest BCUT2D eigenvalue weighted by atomic mass is 10.1. The van der Waals surface area contributed by atoms with Crippen LogP contribution in [0.15, 0.2) is 59.0 Å². The van der Waals surface area contributed by atoms with Crippen molar-refractivity contribution in [3.63, 3.8) is 0 Å². The van der Waals surface area contributed by atoms with E-state index < -0.39 is 11.7 Å². The maximum absolute atomic E-state index is 12.9. The molecule has 2 aromatic carbocycles. The third-order valence-electron chi connectivity index (χ3n) is 3.42. The number of halogens is 2. The molecule has 0 aliphatic rings. The summed E-state index contributed by atoms with van der Waals surface area (Å²) >= 11 is 6.13. The average Bonchev–Trinajstić information content (AvgIpc) is 3.06. The molecule has 24 heavy (non-hydrogen) atoms. The van der Waals surface area contributed by atoms with Crippen LogP contribution in [0.1, 0.15) is 16.1 Å². The Balaban J connectivity index is 1.86. The van der Waals surface area contributed by atoms with Gasteiger partial charge in [0.05, 0.1) is 10.7 Å². The topological polar surface area (TPSA) is 62.5 Å². The molecule has 6 heteroatoms. The van der Waals surface area contributed by atoms with Crippen LogP contribution in [0, 0.1) is 5.82 Å². The molecular formula is C18H13ClFNO3. The van der Waals surface area contributed by atoms with Crippen molar-refractivity contribution in [2.45, 2.75) is 6.61 Å². The lowest BCUT2D eigenvalue weighted by molar-refractivity contribution is 0.102. The number of benzene rings is 2. The Morgan fingerprint density at radius 3 is 2.54 bits per heavy atom. The highest BCUT2D eigenvalue weighted by molar-refractivity contribution is 6.34. The first-order valence-electron chi connectivity index (χ1n) is 7.13. The number of hydrogen-bond donors (Lipinski definition) is 2. The summed E-state index contributed by atoms with van der Waals surface area (Å²) in [4.78, 5) is 12.2.